The van der Waals surface area contributed by atoms with Crippen LogP contribution in [-0.2, 0) is 36.9 Å². The molecule has 1 amide bonds. The van der Waals surface area contributed by atoms with Gasteiger partial charge in [-0.2, -0.15) is 0 Å². The van der Waals surface area contributed by atoms with Crippen LogP contribution in [0.3, 0.4) is 0 Å². The molecule has 4 aliphatic rings. The summed E-state index contributed by atoms with van der Waals surface area (Å²) in [4.78, 5) is 15.7. The summed E-state index contributed by atoms with van der Waals surface area (Å²) < 4.78 is 33.0. The zero-order valence-electron chi connectivity index (χ0n) is 27.1. The number of benzene rings is 3. The Kier molecular flexibility index (Phi) is 9.92. The Morgan fingerprint density at radius 2 is 1.48 bits per heavy atom. The summed E-state index contributed by atoms with van der Waals surface area (Å²) in [6.45, 7) is 5.81. The summed E-state index contributed by atoms with van der Waals surface area (Å²) in [5.74, 6) is -1.70. The summed E-state index contributed by atoms with van der Waals surface area (Å²) >= 11 is 6.85. The Balaban J connectivity index is 1.24. The minimum atomic E-state index is -1.27. The van der Waals surface area contributed by atoms with Crippen molar-refractivity contribution >= 4 is 37.1 Å². The van der Waals surface area contributed by atoms with Crippen molar-refractivity contribution in [1.29, 1.82) is 0 Å². The van der Waals surface area contributed by atoms with E-state index in [1.54, 1.807) is 4.90 Å². The van der Waals surface area contributed by atoms with Crippen molar-refractivity contribution in [2.75, 3.05) is 0 Å². The molecule has 0 aromatic heterocycles. The number of rotatable bonds is 9. The first-order chi connectivity index (χ1) is 23.1. The minimum absolute atomic E-state index is 0.0493. The Hall–Kier alpha value is -2.50. The molecule has 2 N–H and O–H groups in total. The number of ether oxygens (including phenoxy) is 5. The van der Waals surface area contributed by atoms with Gasteiger partial charge in [0, 0.05) is 0 Å². The number of carbonyl (C=O) groups excluding carboxylic acids is 1. The van der Waals surface area contributed by atoms with Crippen molar-refractivity contribution in [3.05, 3.63) is 102 Å². The van der Waals surface area contributed by atoms with E-state index in [1.807, 2.05) is 99.6 Å². The maximum absolute atomic E-state index is 14.2. The van der Waals surface area contributed by atoms with E-state index in [0.717, 1.165) is 15.6 Å². The van der Waals surface area contributed by atoms with Crippen molar-refractivity contribution in [3.8, 4) is 0 Å². The van der Waals surface area contributed by atoms with Crippen LogP contribution in [0.15, 0.2) is 91.0 Å². The van der Waals surface area contributed by atoms with Gasteiger partial charge in [0.25, 0.3) is 0 Å². The maximum atomic E-state index is 14.2. The number of aliphatic hydroxyl groups is 2. The predicted molar refractivity (Wildman–Crippen MR) is 180 cm³/mol. The van der Waals surface area contributed by atoms with E-state index in [4.69, 9.17) is 35.3 Å². The number of fused-ring (bicyclic) bond motifs is 3. The summed E-state index contributed by atoms with van der Waals surface area (Å²) in [6, 6.07) is 27.7. The average molecular weight is 743 g/mol. The molecular formula is C37H42ClNO8Se. The fourth-order valence-electron chi connectivity index (χ4n) is 7.73. The third kappa shape index (κ3) is 6.55. The number of amides is 1. The second-order valence-corrected chi connectivity index (χ2v) is 16.6. The van der Waals surface area contributed by atoms with Crippen molar-refractivity contribution < 1.29 is 38.7 Å². The number of alkyl halides is 1. The summed E-state index contributed by atoms with van der Waals surface area (Å²) in [7, 11) is 0. The first kappa shape index (κ1) is 34.0. The van der Waals surface area contributed by atoms with Crippen LogP contribution in [0, 0.1) is 5.92 Å². The van der Waals surface area contributed by atoms with Crippen molar-refractivity contribution in [1.82, 2.24) is 4.90 Å². The quantitative estimate of drug-likeness (QED) is 0.250. The summed E-state index contributed by atoms with van der Waals surface area (Å²) in [5, 5.41) is 23.8. The normalized spacial score (nSPS) is 35.7. The van der Waals surface area contributed by atoms with Crippen LogP contribution in [0.2, 0.25) is 4.82 Å². The standard InChI is InChI=1S/C37H42ClNO8Se/c1-21-30-34(47-37(2,3)46-30)33(43-19-22-13-7-4-8-14-22)27(39(21)36(42)44-20-23-15-9-5-10-16-23)28(40)25-29(41)32-26(38)35(31(25)45-32)48-24-17-11-6-12-18-24/h4-18,21,25-35,40-41H,19-20H2,1-3H3/t21-,25-,26-,27+,28+,29-,30+,31-,32-,33+,34+,35+/m1/s1. The van der Waals surface area contributed by atoms with Crippen LogP contribution < -0.4 is 4.46 Å². The summed E-state index contributed by atoms with van der Waals surface area (Å²) in [5.41, 5.74) is 1.76. The SMILES string of the molecule is C[C@@H]1[C@@H]2OC(C)(C)O[C@@H]2[C@@H](OCc2ccccc2)[C@H]([C@@H](O)[C@@H]2[C@@H](O)[C@@H]3O[C@H]2[C@@H]([Se]c2ccccc2)[C@@H]3Cl)N1C(=O)OCc1ccccc1. The number of halogens is 1. The van der Waals surface area contributed by atoms with Crippen LogP contribution in [-0.4, -0.2) is 102 Å². The second-order valence-electron chi connectivity index (χ2n) is 13.5. The van der Waals surface area contributed by atoms with Crippen LogP contribution in [0.1, 0.15) is 31.9 Å². The molecule has 3 aromatic carbocycles. The molecule has 4 saturated heterocycles. The van der Waals surface area contributed by atoms with E-state index >= 15 is 0 Å². The van der Waals surface area contributed by atoms with E-state index in [-0.39, 0.29) is 33.0 Å². The molecule has 2 bridgehead atoms. The van der Waals surface area contributed by atoms with Gasteiger partial charge in [0.05, 0.1) is 0 Å². The van der Waals surface area contributed by atoms with E-state index < -0.39 is 78.0 Å². The monoisotopic (exact) mass is 743 g/mol. The van der Waals surface area contributed by atoms with Crippen molar-refractivity contribution in [2.45, 2.75) is 105 Å². The third-order valence-electron chi connectivity index (χ3n) is 9.90. The zero-order chi connectivity index (χ0) is 33.6. The van der Waals surface area contributed by atoms with Gasteiger partial charge < -0.3 is 0 Å². The van der Waals surface area contributed by atoms with Gasteiger partial charge in [-0.25, -0.2) is 0 Å². The van der Waals surface area contributed by atoms with Crippen LogP contribution in [0.5, 0.6) is 0 Å². The Labute approximate surface area is 292 Å². The average Bonchev–Trinajstić information content (AvgIpc) is 3.72. The number of likely N-dealkylation sites (tertiary alicyclic amines) is 1. The van der Waals surface area contributed by atoms with Gasteiger partial charge in [-0.15, -0.1) is 0 Å². The number of carbonyl (C=O) groups is 1. The Morgan fingerprint density at radius 3 is 2.10 bits per heavy atom. The fourth-order valence-corrected chi connectivity index (χ4v) is 11.1. The Morgan fingerprint density at radius 1 is 0.896 bits per heavy atom. The molecule has 48 heavy (non-hydrogen) atoms. The van der Waals surface area contributed by atoms with Gasteiger partial charge in [0.2, 0.25) is 0 Å². The molecule has 0 aliphatic carbocycles. The zero-order valence-corrected chi connectivity index (χ0v) is 29.5. The van der Waals surface area contributed by atoms with E-state index in [2.05, 4.69) is 12.1 Å². The molecule has 0 spiro atoms. The number of hydrogen-bond acceptors (Lipinski definition) is 8. The van der Waals surface area contributed by atoms with E-state index in [9.17, 15) is 15.0 Å². The topological polar surface area (TPSA) is 107 Å². The van der Waals surface area contributed by atoms with Gasteiger partial charge >= 0.3 is 287 Å². The van der Waals surface area contributed by atoms with Gasteiger partial charge in [-0.05, 0) is 0 Å². The number of hydrogen-bond donors (Lipinski definition) is 2. The molecule has 12 atom stereocenters. The second kappa shape index (κ2) is 14.0. The molecule has 9 nitrogen and oxygen atoms in total. The fraction of sp³-hybridized carbons (Fsp3) is 0.486. The third-order valence-corrected chi connectivity index (χ3v) is 13.6. The number of aliphatic hydroxyl groups excluding tert-OH is 2. The van der Waals surface area contributed by atoms with Crippen LogP contribution >= 0.6 is 11.6 Å². The molecule has 0 unspecified atom stereocenters. The first-order valence-corrected chi connectivity index (χ1v) is 18.8. The predicted octanol–water partition coefficient (Wildman–Crippen LogP) is 4.05. The van der Waals surface area contributed by atoms with E-state index in [0.29, 0.717) is 0 Å². The molecule has 7 rings (SSSR count). The van der Waals surface area contributed by atoms with Gasteiger partial charge in [-0.3, -0.25) is 0 Å². The van der Waals surface area contributed by atoms with Gasteiger partial charge in [0.15, 0.2) is 0 Å². The number of piperidine rings is 1. The molecule has 11 heteroatoms. The van der Waals surface area contributed by atoms with Crippen molar-refractivity contribution in [3.63, 3.8) is 0 Å². The van der Waals surface area contributed by atoms with Gasteiger partial charge in [0.1, 0.15) is 0 Å². The molecule has 4 aliphatic heterocycles. The van der Waals surface area contributed by atoms with E-state index in [1.165, 1.54) is 0 Å². The Bertz CT molecular complexity index is 1540. The molecular weight excluding hydrogens is 701 g/mol. The first-order valence-electron chi connectivity index (χ1n) is 16.5. The van der Waals surface area contributed by atoms with Crippen LogP contribution in [0.4, 0.5) is 4.79 Å². The van der Waals surface area contributed by atoms with Crippen LogP contribution in [0.25, 0.3) is 0 Å². The number of nitrogens with zero attached hydrogens (tertiary/aromatic N) is 1. The molecule has 4 heterocycles. The summed E-state index contributed by atoms with van der Waals surface area (Å²) in [6.07, 6.45) is -6.10. The molecule has 4 fully saturated rings. The molecule has 3 aromatic rings. The molecule has 256 valence electrons. The van der Waals surface area contributed by atoms with Gasteiger partial charge in [-0.1, -0.05) is 6.07 Å². The molecule has 0 saturated carbocycles. The molecule has 0 radical (unpaired) electrons. The van der Waals surface area contributed by atoms with Crippen molar-refractivity contribution in [2.24, 2.45) is 5.92 Å².